The number of piperidine rings is 1. The van der Waals surface area contributed by atoms with Crippen molar-refractivity contribution in [3.8, 4) is 0 Å². The second-order valence-corrected chi connectivity index (χ2v) is 11.9. The molecule has 4 rings (SSSR count). The molecule has 0 spiro atoms. The molecule has 1 N–H and O–H groups in total. The van der Waals surface area contributed by atoms with Crippen LogP contribution < -0.4 is 5.32 Å². The highest BCUT2D eigenvalue weighted by molar-refractivity contribution is 7.99. The molecule has 10 heteroatoms. The van der Waals surface area contributed by atoms with Crippen molar-refractivity contribution < 1.29 is 18.0 Å². The maximum atomic E-state index is 13.0. The summed E-state index contributed by atoms with van der Waals surface area (Å²) in [4.78, 5) is 27.7. The molecule has 32 heavy (non-hydrogen) atoms. The average molecular weight is 494 g/mol. The molecule has 2 amide bonds. The van der Waals surface area contributed by atoms with E-state index in [1.807, 2.05) is 17.0 Å². The number of rotatable bonds is 6. The summed E-state index contributed by atoms with van der Waals surface area (Å²) in [5.74, 6) is 1.12. The summed E-state index contributed by atoms with van der Waals surface area (Å²) in [6, 6.07) is 8.77. The Kier molecular flexibility index (Phi) is 7.55. The van der Waals surface area contributed by atoms with Gasteiger partial charge in [-0.05, 0) is 48.4 Å². The highest BCUT2D eigenvalue weighted by Crippen LogP contribution is 2.27. The molecule has 7 nitrogen and oxygen atoms in total. The average Bonchev–Trinajstić information content (AvgIpc) is 3.34. The molecule has 0 unspecified atom stereocenters. The van der Waals surface area contributed by atoms with Gasteiger partial charge in [0.2, 0.25) is 10.0 Å². The number of nitrogens with zero attached hydrogens (tertiary/aromatic N) is 2. The molecule has 2 saturated heterocycles. The molecule has 0 aliphatic carbocycles. The van der Waals surface area contributed by atoms with E-state index >= 15 is 0 Å². The lowest BCUT2D eigenvalue weighted by atomic mass is 10.1. The highest BCUT2D eigenvalue weighted by Gasteiger charge is 2.31. The third kappa shape index (κ3) is 5.19. The molecule has 1 aromatic carbocycles. The van der Waals surface area contributed by atoms with Gasteiger partial charge in [0.25, 0.3) is 11.8 Å². The summed E-state index contributed by atoms with van der Waals surface area (Å²) in [6.45, 7) is 2.71. The van der Waals surface area contributed by atoms with E-state index in [1.165, 1.54) is 10.4 Å². The maximum Gasteiger partial charge on any atom is 0.263 e. The molecule has 2 aliphatic heterocycles. The quantitative estimate of drug-likeness (QED) is 0.669. The van der Waals surface area contributed by atoms with Crippen LogP contribution in [0.3, 0.4) is 0 Å². The number of carbonyl (C=O) groups excluding carboxylic acids is 2. The lowest BCUT2D eigenvalue weighted by molar-refractivity contribution is 0.0724. The molecule has 1 aromatic heterocycles. The van der Waals surface area contributed by atoms with Crippen LogP contribution in [0.2, 0.25) is 0 Å². The number of amides is 2. The Hall–Kier alpha value is -1.88. The first-order valence-corrected chi connectivity index (χ1v) is 14.3. The van der Waals surface area contributed by atoms with Gasteiger partial charge in [-0.2, -0.15) is 16.1 Å². The Morgan fingerprint density at radius 1 is 1.00 bits per heavy atom. The number of likely N-dealkylation sites (tertiary alicyclic amines) is 1. The molecule has 2 aromatic rings. The van der Waals surface area contributed by atoms with Gasteiger partial charge < -0.3 is 10.2 Å². The molecule has 0 saturated carbocycles. The zero-order valence-corrected chi connectivity index (χ0v) is 20.2. The molecule has 172 valence electrons. The number of sulfonamides is 1. The SMILES string of the molecule is O=C(NCc1cccc(C(=O)N2CCCCC2)c1)c1sccc1S(=O)(=O)N1CCSCC1. The Bertz CT molecular complexity index is 1070. The van der Waals surface area contributed by atoms with Crippen molar-refractivity contribution in [3.05, 3.63) is 51.7 Å². The molecule has 2 fully saturated rings. The monoisotopic (exact) mass is 493 g/mol. The van der Waals surface area contributed by atoms with E-state index in [-0.39, 0.29) is 22.2 Å². The second-order valence-electron chi connectivity index (χ2n) is 7.87. The number of thioether (sulfide) groups is 1. The predicted molar refractivity (Wildman–Crippen MR) is 128 cm³/mol. The fourth-order valence-electron chi connectivity index (χ4n) is 3.95. The van der Waals surface area contributed by atoms with E-state index in [1.54, 1.807) is 29.3 Å². The van der Waals surface area contributed by atoms with Gasteiger partial charge in [0.1, 0.15) is 9.77 Å². The molecule has 0 bridgehead atoms. The van der Waals surface area contributed by atoms with Crippen LogP contribution in [0.15, 0.2) is 40.6 Å². The van der Waals surface area contributed by atoms with E-state index in [0.717, 1.165) is 60.8 Å². The lowest BCUT2D eigenvalue weighted by Gasteiger charge is -2.26. The van der Waals surface area contributed by atoms with Crippen LogP contribution in [-0.2, 0) is 16.6 Å². The Balaban J connectivity index is 1.43. The first-order chi connectivity index (χ1) is 15.5. The van der Waals surface area contributed by atoms with Crippen LogP contribution in [0, 0.1) is 0 Å². The lowest BCUT2D eigenvalue weighted by Crippen LogP contribution is -2.38. The third-order valence-corrected chi connectivity index (χ3v) is 9.62. The van der Waals surface area contributed by atoms with E-state index in [0.29, 0.717) is 18.7 Å². The van der Waals surface area contributed by atoms with Crippen molar-refractivity contribution in [2.45, 2.75) is 30.7 Å². The van der Waals surface area contributed by atoms with Crippen molar-refractivity contribution in [1.29, 1.82) is 0 Å². The van der Waals surface area contributed by atoms with Gasteiger partial charge in [0.05, 0.1) is 0 Å². The Morgan fingerprint density at radius 2 is 1.75 bits per heavy atom. The number of hydrogen-bond donors (Lipinski definition) is 1. The van der Waals surface area contributed by atoms with Crippen molar-refractivity contribution in [1.82, 2.24) is 14.5 Å². The smallest absolute Gasteiger partial charge is 0.263 e. The van der Waals surface area contributed by atoms with Crippen LogP contribution in [0.5, 0.6) is 0 Å². The number of thiophene rings is 1. The standard InChI is InChI=1S/C22H27N3O4S3/c26-21(20-19(7-12-31-20)32(28,29)25-10-13-30-14-11-25)23-16-17-5-4-6-18(15-17)22(27)24-8-2-1-3-9-24/h4-7,12,15H,1-3,8-11,13-14,16H2,(H,23,26). The zero-order valence-electron chi connectivity index (χ0n) is 17.8. The molecule has 0 atom stereocenters. The normalized spacial score (nSPS) is 17.8. The number of carbonyl (C=O) groups is 2. The van der Waals surface area contributed by atoms with Crippen LogP contribution in [0.4, 0.5) is 0 Å². The van der Waals surface area contributed by atoms with E-state index in [4.69, 9.17) is 0 Å². The van der Waals surface area contributed by atoms with Gasteiger partial charge in [-0.3, -0.25) is 9.59 Å². The summed E-state index contributed by atoms with van der Waals surface area (Å²) in [6.07, 6.45) is 3.22. The first kappa shape index (κ1) is 23.3. The van der Waals surface area contributed by atoms with E-state index in [2.05, 4.69) is 5.32 Å². The summed E-state index contributed by atoms with van der Waals surface area (Å²) in [7, 11) is -3.69. The number of benzene rings is 1. The summed E-state index contributed by atoms with van der Waals surface area (Å²) >= 11 is 2.86. The summed E-state index contributed by atoms with van der Waals surface area (Å²) in [5.41, 5.74) is 1.41. The minimum Gasteiger partial charge on any atom is -0.347 e. The largest absolute Gasteiger partial charge is 0.347 e. The molecular formula is C22H27N3O4S3. The van der Waals surface area contributed by atoms with Gasteiger partial charge in [-0.1, -0.05) is 12.1 Å². The summed E-state index contributed by atoms with van der Waals surface area (Å²) in [5, 5.41) is 4.46. The van der Waals surface area contributed by atoms with Crippen LogP contribution >= 0.6 is 23.1 Å². The maximum absolute atomic E-state index is 13.0. The van der Waals surface area contributed by atoms with Crippen molar-refractivity contribution in [3.63, 3.8) is 0 Å². The van der Waals surface area contributed by atoms with Crippen molar-refractivity contribution >= 4 is 44.9 Å². The highest BCUT2D eigenvalue weighted by atomic mass is 32.2. The molecule has 2 aliphatic rings. The first-order valence-electron chi connectivity index (χ1n) is 10.8. The van der Waals surface area contributed by atoms with Crippen molar-refractivity contribution in [2.24, 2.45) is 0 Å². The van der Waals surface area contributed by atoms with Crippen LogP contribution in [-0.4, -0.2) is 67.1 Å². The van der Waals surface area contributed by atoms with E-state index in [9.17, 15) is 18.0 Å². The van der Waals surface area contributed by atoms with Gasteiger partial charge in [-0.25, -0.2) is 8.42 Å². The number of hydrogen-bond acceptors (Lipinski definition) is 6. The second kappa shape index (κ2) is 10.4. The van der Waals surface area contributed by atoms with Crippen LogP contribution in [0.1, 0.15) is 44.9 Å². The number of nitrogens with one attached hydrogen (secondary N) is 1. The van der Waals surface area contributed by atoms with Crippen LogP contribution in [0.25, 0.3) is 0 Å². The minimum absolute atomic E-state index is 0.0178. The van der Waals surface area contributed by atoms with Gasteiger partial charge >= 0.3 is 0 Å². The molecule has 3 heterocycles. The topological polar surface area (TPSA) is 86.8 Å². The third-order valence-electron chi connectivity index (χ3n) is 5.69. The van der Waals surface area contributed by atoms with Gasteiger partial charge in [-0.15, -0.1) is 11.3 Å². The van der Waals surface area contributed by atoms with Gasteiger partial charge in [0.15, 0.2) is 0 Å². The van der Waals surface area contributed by atoms with Crippen molar-refractivity contribution in [2.75, 3.05) is 37.7 Å². The molecule has 0 radical (unpaired) electrons. The Labute approximate surface area is 197 Å². The fraction of sp³-hybridized carbons (Fsp3) is 0.455. The zero-order chi connectivity index (χ0) is 22.6. The summed E-state index contributed by atoms with van der Waals surface area (Å²) < 4.78 is 27.5. The predicted octanol–water partition coefficient (Wildman–Crippen LogP) is 3.04. The Morgan fingerprint density at radius 3 is 2.50 bits per heavy atom. The van der Waals surface area contributed by atoms with E-state index < -0.39 is 15.9 Å². The van der Waals surface area contributed by atoms with Gasteiger partial charge in [0, 0.05) is 49.8 Å². The molecular weight excluding hydrogens is 466 g/mol. The minimum atomic E-state index is -3.69. The fourth-order valence-corrected chi connectivity index (χ4v) is 7.84.